The zero-order valence-electron chi connectivity index (χ0n) is 14.9. The summed E-state index contributed by atoms with van der Waals surface area (Å²) >= 11 is 11.8. The molecule has 0 fully saturated rings. The van der Waals surface area contributed by atoms with Gasteiger partial charge in [0, 0.05) is 17.3 Å². The highest BCUT2D eigenvalue weighted by Crippen LogP contribution is 2.20. The van der Waals surface area contributed by atoms with Crippen molar-refractivity contribution < 1.29 is 14.3 Å². The number of benzene rings is 2. The van der Waals surface area contributed by atoms with Gasteiger partial charge in [-0.15, -0.1) is 0 Å². The van der Waals surface area contributed by atoms with E-state index in [2.05, 4.69) is 15.8 Å². The van der Waals surface area contributed by atoms with E-state index in [4.69, 9.17) is 27.9 Å². The molecule has 0 spiro atoms. The molecule has 2 aromatic carbocycles. The summed E-state index contributed by atoms with van der Waals surface area (Å²) < 4.78 is 5.09. The van der Waals surface area contributed by atoms with E-state index >= 15 is 0 Å². The molecule has 0 aliphatic carbocycles. The second-order valence-electron chi connectivity index (χ2n) is 5.71. The van der Waals surface area contributed by atoms with Gasteiger partial charge in [0.15, 0.2) is 0 Å². The molecule has 2 N–H and O–H groups in total. The van der Waals surface area contributed by atoms with Crippen molar-refractivity contribution in [3.8, 4) is 5.75 Å². The summed E-state index contributed by atoms with van der Waals surface area (Å²) in [4.78, 5) is 24.1. The van der Waals surface area contributed by atoms with E-state index in [1.807, 2.05) is 24.3 Å². The number of carbonyl (C=O) groups excluding carboxylic acids is 2. The van der Waals surface area contributed by atoms with E-state index in [0.29, 0.717) is 17.3 Å². The van der Waals surface area contributed by atoms with Crippen LogP contribution in [0.5, 0.6) is 5.75 Å². The van der Waals surface area contributed by atoms with Crippen LogP contribution in [0.3, 0.4) is 0 Å². The molecule has 142 valence electrons. The number of halogens is 2. The zero-order valence-corrected chi connectivity index (χ0v) is 16.4. The fourth-order valence-electron chi connectivity index (χ4n) is 2.16. The highest BCUT2D eigenvalue weighted by Gasteiger charge is 2.10. The molecule has 0 atom stereocenters. The minimum atomic E-state index is -0.477. The Bertz CT molecular complexity index is 852. The number of hydrogen-bond acceptors (Lipinski definition) is 4. The number of methoxy groups -OCH3 is 1. The van der Waals surface area contributed by atoms with E-state index in [-0.39, 0.29) is 22.9 Å². The van der Waals surface area contributed by atoms with Crippen molar-refractivity contribution in [1.29, 1.82) is 0 Å². The largest absolute Gasteiger partial charge is 0.497 e. The standard InChI is InChI=1S/C19H19Cl2N3O3/c1-12(23-24-19(26)16-8-5-14(20)10-17(16)21)9-18(25)22-11-13-3-6-15(27-2)7-4-13/h3-8,10H,9,11H2,1-2H3,(H,22,25)(H,24,26)/b23-12-. The Labute approximate surface area is 167 Å². The SMILES string of the molecule is COc1ccc(CNC(=O)C/C(C)=N\NC(=O)c2ccc(Cl)cc2Cl)cc1. The number of carbonyl (C=O) groups is 2. The molecule has 27 heavy (non-hydrogen) atoms. The van der Waals surface area contributed by atoms with Crippen molar-refractivity contribution in [3.63, 3.8) is 0 Å². The second-order valence-corrected chi connectivity index (χ2v) is 6.56. The highest BCUT2D eigenvalue weighted by atomic mass is 35.5. The third-order valence-electron chi connectivity index (χ3n) is 3.59. The molecule has 6 nitrogen and oxygen atoms in total. The Morgan fingerprint density at radius 2 is 1.81 bits per heavy atom. The van der Waals surface area contributed by atoms with Gasteiger partial charge in [-0.25, -0.2) is 5.43 Å². The van der Waals surface area contributed by atoms with Crippen LogP contribution < -0.4 is 15.5 Å². The molecule has 0 unspecified atom stereocenters. The van der Waals surface area contributed by atoms with E-state index < -0.39 is 5.91 Å². The van der Waals surface area contributed by atoms with E-state index in [0.717, 1.165) is 11.3 Å². The molecule has 0 aromatic heterocycles. The van der Waals surface area contributed by atoms with Gasteiger partial charge in [0.2, 0.25) is 5.91 Å². The first kappa shape index (κ1) is 20.7. The molecule has 2 rings (SSSR count). The Morgan fingerprint density at radius 3 is 2.44 bits per heavy atom. The minimum absolute atomic E-state index is 0.0603. The Balaban J connectivity index is 1.83. The van der Waals surface area contributed by atoms with Crippen LogP contribution in [0.4, 0.5) is 0 Å². The first-order valence-corrected chi connectivity index (χ1v) is 8.83. The maximum Gasteiger partial charge on any atom is 0.272 e. The molecular weight excluding hydrogens is 389 g/mol. The summed E-state index contributed by atoms with van der Waals surface area (Å²) in [5.41, 5.74) is 4.04. The molecule has 0 saturated heterocycles. The summed E-state index contributed by atoms with van der Waals surface area (Å²) in [5, 5.41) is 7.38. The summed E-state index contributed by atoms with van der Waals surface area (Å²) in [5.74, 6) is 0.0742. The number of rotatable bonds is 7. The van der Waals surface area contributed by atoms with Crippen LogP contribution in [-0.2, 0) is 11.3 Å². The Hall–Kier alpha value is -2.57. The quantitative estimate of drug-likeness (QED) is 0.540. The molecule has 0 bridgehead atoms. The average Bonchev–Trinajstić information content (AvgIpc) is 2.65. The normalized spacial score (nSPS) is 11.0. The van der Waals surface area contributed by atoms with Crippen LogP contribution in [0.15, 0.2) is 47.6 Å². The van der Waals surface area contributed by atoms with E-state index in [1.165, 1.54) is 12.1 Å². The Kier molecular flexibility index (Phi) is 7.64. The summed E-state index contributed by atoms with van der Waals surface area (Å²) in [6, 6.07) is 11.9. The lowest BCUT2D eigenvalue weighted by Crippen LogP contribution is -2.26. The predicted octanol–water partition coefficient (Wildman–Crippen LogP) is 3.81. The second kappa shape index (κ2) is 9.94. The third-order valence-corrected chi connectivity index (χ3v) is 4.14. The summed E-state index contributed by atoms with van der Waals surface area (Å²) in [6.45, 7) is 2.04. The fraction of sp³-hybridized carbons (Fsp3) is 0.211. The lowest BCUT2D eigenvalue weighted by molar-refractivity contribution is -0.120. The topological polar surface area (TPSA) is 79.8 Å². The minimum Gasteiger partial charge on any atom is -0.497 e. The number of nitrogens with zero attached hydrogens (tertiary/aromatic N) is 1. The number of hydrazone groups is 1. The molecular formula is C19H19Cl2N3O3. The zero-order chi connectivity index (χ0) is 19.8. The molecule has 0 radical (unpaired) electrons. The van der Waals surface area contributed by atoms with Crippen molar-refractivity contribution in [2.75, 3.05) is 7.11 Å². The Morgan fingerprint density at radius 1 is 1.11 bits per heavy atom. The molecule has 0 aliphatic rings. The summed E-state index contributed by atoms with van der Waals surface area (Å²) in [7, 11) is 1.60. The van der Waals surface area contributed by atoms with Gasteiger partial charge in [0.25, 0.3) is 5.91 Å². The number of amides is 2. The first-order valence-electron chi connectivity index (χ1n) is 8.07. The average molecular weight is 408 g/mol. The van der Waals surface area contributed by atoms with Gasteiger partial charge < -0.3 is 10.1 Å². The van der Waals surface area contributed by atoms with Crippen molar-refractivity contribution >= 4 is 40.7 Å². The van der Waals surface area contributed by atoms with Gasteiger partial charge in [0.05, 0.1) is 24.1 Å². The van der Waals surface area contributed by atoms with Crippen LogP contribution in [0.25, 0.3) is 0 Å². The number of nitrogens with one attached hydrogen (secondary N) is 2. The van der Waals surface area contributed by atoms with Crippen molar-refractivity contribution in [3.05, 3.63) is 63.6 Å². The number of hydrogen-bond donors (Lipinski definition) is 2. The maximum absolute atomic E-state index is 12.1. The molecule has 2 aromatic rings. The van der Waals surface area contributed by atoms with E-state index in [9.17, 15) is 9.59 Å². The molecule has 0 heterocycles. The van der Waals surface area contributed by atoms with Gasteiger partial charge in [0.1, 0.15) is 5.75 Å². The number of ether oxygens (including phenoxy) is 1. The van der Waals surface area contributed by atoms with Crippen LogP contribution in [0.2, 0.25) is 10.0 Å². The highest BCUT2D eigenvalue weighted by molar-refractivity contribution is 6.36. The van der Waals surface area contributed by atoms with Crippen LogP contribution in [-0.4, -0.2) is 24.6 Å². The third kappa shape index (κ3) is 6.58. The van der Waals surface area contributed by atoms with Gasteiger partial charge in [-0.05, 0) is 42.8 Å². The lowest BCUT2D eigenvalue weighted by atomic mass is 10.2. The maximum atomic E-state index is 12.1. The lowest BCUT2D eigenvalue weighted by Gasteiger charge is -2.07. The monoisotopic (exact) mass is 407 g/mol. The molecule has 0 saturated carbocycles. The van der Waals surface area contributed by atoms with Crippen LogP contribution in [0.1, 0.15) is 29.3 Å². The van der Waals surface area contributed by atoms with Gasteiger partial charge in [-0.2, -0.15) is 5.10 Å². The fourth-order valence-corrected chi connectivity index (χ4v) is 2.65. The summed E-state index contributed by atoms with van der Waals surface area (Å²) in [6.07, 6.45) is 0.0603. The molecule has 8 heteroatoms. The van der Waals surface area contributed by atoms with Crippen LogP contribution >= 0.6 is 23.2 Å². The van der Waals surface area contributed by atoms with Gasteiger partial charge in [-0.3, -0.25) is 9.59 Å². The van der Waals surface area contributed by atoms with Gasteiger partial charge >= 0.3 is 0 Å². The van der Waals surface area contributed by atoms with Crippen LogP contribution in [0, 0.1) is 0 Å². The molecule has 2 amide bonds. The van der Waals surface area contributed by atoms with Gasteiger partial charge in [-0.1, -0.05) is 35.3 Å². The van der Waals surface area contributed by atoms with Crippen molar-refractivity contribution in [2.24, 2.45) is 5.10 Å². The smallest absolute Gasteiger partial charge is 0.272 e. The molecule has 0 aliphatic heterocycles. The van der Waals surface area contributed by atoms with Crippen molar-refractivity contribution in [1.82, 2.24) is 10.7 Å². The van der Waals surface area contributed by atoms with Crippen molar-refractivity contribution in [2.45, 2.75) is 19.9 Å². The first-order chi connectivity index (χ1) is 12.9. The van der Waals surface area contributed by atoms with E-state index in [1.54, 1.807) is 20.1 Å². The predicted molar refractivity (Wildman–Crippen MR) is 106 cm³/mol.